The smallest absolute Gasteiger partial charge is 0.475 e. The van der Waals surface area contributed by atoms with Crippen LogP contribution in [0.5, 0.6) is 0 Å². The van der Waals surface area contributed by atoms with Crippen molar-refractivity contribution < 1.29 is 41.1 Å². The molecule has 42 heavy (non-hydrogen) atoms. The number of nitrogens with one attached hydrogen (secondary N) is 3. The van der Waals surface area contributed by atoms with Crippen LogP contribution in [0.3, 0.4) is 0 Å². The zero-order valence-corrected chi connectivity index (χ0v) is 23.6. The maximum atomic E-state index is 13.2. The number of rotatable bonds is 10. The normalized spacial score (nSPS) is 13.2. The third kappa shape index (κ3) is 9.92. The summed E-state index contributed by atoms with van der Waals surface area (Å²) in [5.41, 5.74) is 1.86. The number of hydrogen-bond donors (Lipinski definition) is 4. The Bertz CT molecular complexity index is 1380. The highest BCUT2D eigenvalue weighted by molar-refractivity contribution is 7.92. The predicted octanol–water partition coefficient (Wildman–Crippen LogP) is 3.30. The molecule has 2 amide bonds. The molecule has 2 aromatic carbocycles. The second-order valence-electron chi connectivity index (χ2n) is 8.87. The quantitative estimate of drug-likeness (QED) is 0.299. The monoisotopic (exact) mass is 611 g/mol. The molecule has 0 atom stereocenters. The minimum Gasteiger partial charge on any atom is -0.475 e. The van der Waals surface area contributed by atoms with Crippen molar-refractivity contribution in [3.8, 4) is 0 Å². The number of amides is 2. The predicted molar refractivity (Wildman–Crippen MR) is 153 cm³/mol. The lowest BCUT2D eigenvalue weighted by Gasteiger charge is -2.31. The van der Waals surface area contributed by atoms with Crippen molar-refractivity contribution in [2.24, 2.45) is 0 Å². The van der Waals surface area contributed by atoms with Crippen molar-refractivity contribution in [2.75, 3.05) is 54.2 Å². The minimum absolute atomic E-state index is 0.0366. The van der Waals surface area contributed by atoms with E-state index >= 15 is 0 Å². The number of alkyl halides is 3. The maximum Gasteiger partial charge on any atom is 0.490 e. The second kappa shape index (κ2) is 15.0. The summed E-state index contributed by atoms with van der Waals surface area (Å²) in [5, 5.41) is 13.0. The highest BCUT2D eigenvalue weighted by Gasteiger charge is 2.38. The summed E-state index contributed by atoms with van der Waals surface area (Å²) in [6.45, 7) is 12.4. The summed E-state index contributed by atoms with van der Waals surface area (Å²) < 4.78 is 60.9. The summed E-state index contributed by atoms with van der Waals surface area (Å²) in [5.74, 6) is -3.26. The van der Waals surface area contributed by atoms with Crippen LogP contribution < -0.4 is 20.3 Å². The number of hydrogen-bond acceptors (Lipinski definition) is 7. The van der Waals surface area contributed by atoms with Crippen molar-refractivity contribution in [1.82, 2.24) is 10.2 Å². The SMILES string of the molecule is C=CCN(CC=C)C(=O)c1ccc(N2CCNCC2)c(NS(=O)(=O)c2ccc(NC(C)=O)cc2)c1.O=C(O)C(F)(F)F. The first-order chi connectivity index (χ1) is 19.7. The van der Waals surface area contributed by atoms with Gasteiger partial charge in [0.1, 0.15) is 0 Å². The molecule has 15 heteroatoms. The first kappa shape index (κ1) is 33.8. The number of halogens is 3. The number of piperazine rings is 1. The highest BCUT2D eigenvalue weighted by atomic mass is 32.2. The molecule has 0 unspecified atom stereocenters. The van der Waals surface area contributed by atoms with Gasteiger partial charge in [0.05, 0.1) is 16.3 Å². The summed E-state index contributed by atoms with van der Waals surface area (Å²) in [4.78, 5) is 36.9. The zero-order valence-electron chi connectivity index (χ0n) is 22.8. The lowest BCUT2D eigenvalue weighted by Crippen LogP contribution is -2.43. The van der Waals surface area contributed by atoms with Crippen LogP contribution in [0.4, 0.5) is 30.2 Å². The van der Waals surface area contributed by atoms with E-state index in [4.69, 9.17) is 9.90 Å². The van der Waals surface area contributed by atoms with E-state index in [0.29, 0.717) is 48.8 Å². The number of benzene rings is 2. The lowest BCUT2D eigenvalue weighted by atomic mass is 10.1. The Morgan fingerprint density at radius 3 is 2.07 bits per heavy atom. The molecule has 0 radical (unpaired) electrons. The Morgan fingerprint density at radius 2 is 1.60 bits per heavy atom. The molecule has 3 rings (SSSR count). The molecule has 0 bridgehead atoms. The Morgan fingerprint density at radius 1 is 1.05 bits per heavy atom. The number of carbonyl (C=O) groups is 3. The van der Waals surface area contributed by atoms with Gasteiger partial charge in [-0.2, -0.15) is 13.2 Å². The molecule has 1 saturated heterocycles. The number of aliphatic carboxylic acids is 1. The standard InChI is InChI=1S/C25H31N5O4S.C2HF3O2/c1-4-14-30(15-5-2)25(32)20-6-11-24(29-16-12-26-13-17-29)23(18-20)28-35(33,34)22-9-7-21(8-10-22)27-19(3)31;3-2(4,5)1(6)7/h4-11,18,26,28H,1-2,12-17H2,3H3,(H,27,31);(H,6,7). The third-order valence-electron chi connectivity index (χ3n) is 5.66. The van der Waals surface area contributed by atoms with E-state index in [1.807, 2.05) is 0 Å². The van der Waals surface area contributed by atoms with Gasteiger partial charge in [-0.05, 0) is 42.5 Å². The molecular weight excluding hydrogens is 579 g/mol. The van der Waals surface area contributed by atoms with Crippen molar-refractivity contribution in [3.05, 3.63) is 73.3 Å². The van der Waals surface area contributed by atoms with Gasteiger partial charge in [-0.25, -0.2) is 13.2 Å². The summed E-state index contributed by atoms with van der Waals surface area (Å²) in [6, 6.07) is 10.9. The first-order valence-corrected chi connectivity index (χ1v) is 14.0. The van der Waals surface area contributed by atoms with Crippen LogP contribution >= 0.6 is 0 Å². The fourth-order valence-corrected chi connectivity index (χ4v) is 4.86. The largest absolute Gasteiger partial charge is 0.490 e. The summed E-state index contributed by atoms with van der Waals surface area (Å²) >= 11 is 0. The number of nitrogens with zero attached hydrogens (tertiary/aromatic N) is 2. The van der Waals surface area contributed by atoms with Gasteiger partial charge in [-0.3, -0.25) is 14.3 Å². The van der Waals surface area contributed by atoms with Gasteiger partial charge in [0.2, 0.25) is 5.91 Å². The maximum absolute atomic E-state index is 13.2. The lowest BCUT2D eigenvalue weighted by molar-refractivity contribution is -0.192. The van der Waals surface area contributed by atoms with Crippen molar-refractivity contribution in [3.63, 3.8) is 0 Å². The summed E-state index contributed by atoms with van der Waals surface area (Å²) in [6.07, 6.45) is -1.82. The van der Waals surface area contributed by atoms with Gasteiger partial charge in [0, 0.05) is 57.4 Å². The molecule has 1 heterocycles. The Labute approximate surface area is 241 Å². The molecule has 0 spiro atoms. The van der Waals surface area contributed by atoms with Crippen LogP contribution in [0.25, 0.3) is 0 Å². The van der Waals surface area contributed by atoms with E-state index in [0.717, 1.165) is 13.1 Å². The molecule has 4 N–H and O–H groups in total. The highest BCUT2D eigenvalue weighted by Crippen LogP contribution is 2.31. The van der Waals surface area contributed by atoms with Gasteiger partial charge in [-0.1, -0.05) is 12.2 Å². The van der Waals surface area contributed by atoms with E-state index in [9.17, 15) is 31.2 Å². The van der Waals surface area contributed by atoms with Gasteiger partial charge >= 0.3 is 12.1 Å². The average molecular weight is 612 g/mol. The first-order valence-electron chi connectivity index (χ1n) is 12.5. The molecule has 1 aliphatic heterocycles. The topological polar surface area (TPSA) is 148 Å². The van der Waals surface area contributed by atoms with Crippen LogP contribution in [0.1, 0.15) is 17.3 Å². The van der Waals surface area contributed by atoms with E-state index < -0.39 is 22.2 Å². The fourth-order valence-electron chi connectivity index (χ4n) is 3.79. The number of carbonyl (C=O) groups excluding carboxylic acids is 2. The molecule has 11 nitrogen and oxygen atoms in total. The number of carboxylic acids is 1. The van der Waals surface area contributed by atoms with Crippen LogP contribution in [-0.2, 0) is 19.6 Å². The number of carboxylic acid groups (broad SMARTS) is 1. The van der Waals surface area contributed by atoms with Gasteiger partial charge in [0.15, 0.2) is 0 Å². The van der Waals surface area contributed by atoms with Gasteiger partial charge in [0.25, 0.3) is 15.9 Å². The van der Waals surface area contributed by atoms with Crippen LogP contribution in [0.2, 0.25) is 0 Å². The van der Waals surface area contributed by atoms with Crippen molar-refractivity contribution in [2.45, 2.75) is 18.0 Å². The molecular formula is C27H32F3N5O6S. The number of sulfonamides is 1. The van der Waals surface area contributed by atoms with E-state index in [1.54, 1.807) is 35.3 Å². The molecule has 0 aromatic heterocycles. The Kier molecular flexibility index (Phi) is 12.1. The molecule has 228 valence electrons. The van der Waals surface area contributed by atoms with Gasteiger partial charge < -0.3 is 25.5 Å². The fraction of sp³-hybridized carbons (Fsp3) is 0.296. The van der Waals surface area contributed by atoms with Crippen LogP contribution in [0.15, 0.2) is 72.7 Å². The van der Waals surface area contributed by atoms with Crippen molar-refractivity contribution in [1.29, 1.82) is 0 Å². The van der Waals surface area contributed by atoms with Gasteiger partial charge in [-0.15, -0.1) is 13.2 Å². The molecule has 1 aliphatic rings. The molecule has 1 fully saturated rings. The second-order valence-corrected chi connectivity index (χ2v) is 10.6. The molecule has 0 saturated carbocycles. The molecule has 0 aliphatic carbocycles. The van der Waals surface area contributed by atoms with Crippen molar-refractivity contribution >= 4 is 44.9 Å². The van der Waals surface area contributed by atoms with E-state index in [2.05, 4.69) is 33.4 Å². The minimum atomic E-state index is -5.08. The summed E-state index contributed by atoms with van der Waals surface area (Å²) in [7, 11) is -3.97. The van der Waals surface area contributed by atoms with Crippen LogP contribution in [-0.4, -0.2) is 81.7 Å². The third-order valence-corrected chi connectivity index (χ3v) is 7.04. The van der Waals surface area contributed by atoms with Crippen LogP contribution in [0, 0.1) is 0 Å². The average Bonchev–Trinajstić information content (AvgIpc) is 2.92. The Balaban J connectivity index is 0.000000782. The Hall–Kier alpha value is -4.37. The van der Waals surface area contributed by atoms with E-state index in [-0.39, 0.29) is 16.7 Å². The molecule has 2 aromatic rings. The zero-order chi connectivity index (χ0) is 31.5. The number of anilines is 3. The van der Waals surface area contributed by atoms with E-state index in [1.165, 1.54) is 31.2 Å².